The number of benzene rings is 1. The quantitative estimate of drug-likeness (QED) is 0.695. The largest absolute Gasteiger partial charge is 0.0836 e. The first-order valence-electron chi connectivity index (χ1n) is 7.10. The van der Waals surface area contributed by atoms with Crippen molar-refractivity contribution in [3.05, 3.63) is 34.9 Å². The first-order valence-corrected chi connectivity index (χ1v) is 8.02. The van der Waals surface area contributed by atoms with E-state index in [-0.39, 0.29) is 0 Å². The second-order valence-electron chi connectivity index (χ2n) is 6.12. The molecule has 0 amide bonds. The maximum Gasteiger partial charge on any atom is 0.0429 e. The van der Waals surface area contributed by atoms with Crippen molar-refractivity contribution < 1.29 is 0 Å². The zero-order valence-corrected chi connectivity index (χ0v) is 11.7. The van der Waals surface area contributed by atoms with Crippen LogP contribution in [0.1, 0.15) is 47.2 Å². The highest BCUT2D eigenvalue weighted by atomic mass is 79.9. The molecule has 0 radical (unpaired) electrons. The number of hydrogen-bond donors (Lipinski definition) is 0. The van der Waals surface area contributed by atoms with Gasteiger partial charge >= 0.3 is 0 Å². The molecule has 3 aliphatic carbocycles. The maximum atomic E-state index is 3.98. The van der Waals surface area contributed by atoms with Gasteiger partial charge in [0.2, 0.25) is 0 Å². The number of halogens is 1. The molecule has 0 aliphatic heterocycles. The minimum absolute atomic E-state index is 0.628. The summed E-state index contributed by atoms with van der Waals surface area (Å²) in [4.78, 5) is 0.628. The van der Waals surface area contributed by atoms with Gasteiger partial charge in [-0.3, -0.25) is 0 Å². The van der Waals surface area contributed by atoms with Crippen LogP contribution in [0.4, 0.5) is 0 Å². The van der Waals surface area contributed by atoms with Crippen LogP contribution < -0.4 is 0 Å². The Balaban J connectivity index is 1.58. The molecule has 4 rings (SSSR count). The molecule has 3 aliphatic rings. The Labute approximate surface area is 112 Å². The summed E-state index contributed by atoms with van der Waals surface area (Å²) in [7, 11) is 0. The fourth-order valence-corrected chi connectivity index (χ4v) is 5.37. The van der Waals surface area contributed by atoms with Crippen LogP contribution in [-0.4, -0.2) is 0 Å². The van der Waals surface area contributed by atoms with E-state index in [2.05, 4.69) is 34.1 Å². The summed E-state index contributed by atoms with van der Waals surface area (Å²) in [5.74, 6) is 3.04. The summed E-state index contributed by atoms with van der Waals surface area (Å²) in [6, 6.07) is 7.23. The summed E-state index contributed by atoms with van der Waals surface area (Å²) in [6.07, 6.45) is 8.43. The lowest BCUT2D eigenvalue weighted by atomic mass is 9.99. The fourth-order valence-electron chi connectivity index (χ4n) is 4.30. The van der Waals surface area contributed by atoms with E-state index in [0.29, 0.717) is 4.83 Å². The molecular formula is C16H19Br. The second-order valence-corrected chi connectivity index (χ2v) is 7.11. The van der Waals surface area contributed by atoms with E-state index in [1.807, 2.05) is 0 Å². The minimum Gasteiger partial charge on any atom is -0.0836 e. The summed E-state index contributed by atoms with van der Waals surface area (Å²) in [6.45, 7) is 0. The predicted octanol–water partition coefficient (Wildman–Crippen LogP) is 4.66. The number of fused-ring (bicyclic) bond motifs is 2. The third-order valence-electron chi connectivity index (χ3n) is 5.25. The number of hydrogen-bond acceptors (Lipinski definition) is 0. The van der Waals surface area contributed by atoms with Crippen LogP contribution in [0.5, 0.6) is 0 Å². The van der Waals surface area contributed by atoms with E-state index in [1.165, 1.54) is 38.5 Å². The summed E-state index contributed by atoms with van der Waals surface area (Å²) >= 11 is 3.98. The number of rotatable bonds is 2. The highest BCUT2D eigenvalue weighted by Crippen LogP contribution is 2.64. The molecule has 1 heteroatoms. The average molecular weight is 291 g/mol. The van der Waals surface area contributed by atoms with Crippen LogP contribution in [0, 0.1) is 17.8 Å². The van der Waals surface area contributed by atoms with E-state index < -0.39 is 0 Å². The van der Waals surface area contributed by atoms with Gasteiger partial charge in [0, 0.05) is 4.83 Å². The van der Waals surface area contributed by atoms with Crippen molar-refractivity contribution in [3.8, 4) is 0 Å². The Hall–Kier alpha value is -0.300. The molecule has 0 nitrogen and oxygen atoms in total. The molecule has 0 saturated heterocycles. The first-order chi connectivity index (χ1) is 8.34. The van der Waals surface area contributed by atoms with Gasteiger partial charge in [0.1, 0.15) is 0 Å². The van der Waals surface area contributed by atoms with Crippen LogP contribution >= 0.6 is 15.9 Å². The molecule has 0 bridgehead atoms. The molecular weight excluding hydrogens is 272 g/mol. The summed E-state index contributed by atoms with van der Waals surface area (Å²) in [5.41, 5.74) is 4.77. The fraction of sp³-hybridized carbons (Fsp3) is 0.625. The van der Waals surface area contributed by atoms with Gasteiger partial charge in [0.15, 0.2) is 0 Å². The van der Waals surface area contributed by atoms with Crippen LogP contribution in [-0.2, 0) is 12.8 Å². The Morgan fingerprint density at radius 2 is 1.76 bits per heavy atom. The first kappa shape index (κ1) is 10.6. The SMILES string of the molecule is BrC(c1ccc2c(c1)CCC2)C1C2CCCC21. The van der Waals surface area contributed by atoms with Crippen molar-refractivity contribution in [3.63, 3.8) is 0 Å². The van der Waals surface area contributed by atoms with Crippen LogP contribution in [0.2, 0.25) is 0 Å². The molecule has 90 valence electrons. The molecule has 0 N–H and O–H groups in total. The summed E-state index contributed by atoms with van der Waals surface area (Å²) in [5, 5.41) is 0. The van der Waals surface area contributed by atoms with E-state index in [9.17, 15) is 0 Å². The zero-order valence-electron chi connectivity index (χ0n) is 10.2. The molecule has 0 spiro atoms. The Bertz CT molecular complexity index is 441. The van der Waals surface area contributed by atoms with Gasteiger partial charge in [-0.1, -0.05) is 40.5 Å². The Morgan fingerprint density at radius 3 is 2.59 bits per heavy atom. The lowest BCUT2D eigenvalue weighted by Crippen LogP contribution is -1.99. The van der Waals surface area contributed by atoms with Gasteiger partial charge in [-0.25, -0.2) is 0 Å². The molecule has 2 saturated carbocycles. The van der Waals surface area contributed by atoms with Gasteiger partial charge in [0.05, 0.1) is 0 Å². The topological polar surface area (TPSA) is 0 Å². The van der Waals surface area contributed by atoms with Crippen molar-refractivity contribution in [1.82, 2.24) is 0 Å². The number of aryl methyl sites for hydroxylation is 2. The summed E-state index contributed by atoms with van der Waals surface area (Å²) < 4.78 is 0. The van der Waals surface area contributed by atoms with Crippen LogP contribution in [0.3, 0.4) is 0 Å². The molecule has 1 aromatic carbocycles. The third-order valence-corrected chi connectivity index (χ3v) is 6.39. The van der Waals surface area contributed by atoms with Gasteiger partial charge in [-0.2, -0.15) is 0 Å². The smallest absolute Gasteiger partial charge is 0.0429 e. The van der Waals surface area contributed by atoms with Gasteiger partial charge < -0.3 is 0 Å². The van der Waals surface area contributed by atoms with Crippen molar-refractivity contribution >= 4 is 15.9 Å². The third kappa shape index (κ3) is 1.62. The lowest BCUT2D eigenvalue weighted by Gasteiger charge is -2.13. The highest BCUT2D eigenvalue weighted by molar-refractivity contribution is 9.09. The van der Waals surface area contributed by atoms with Crippen molar-refractivity contribution in [2.75, 3.05) is 0 Å². The van der Waals surface area contributed by atoms with Crippen molar-refractivity contribution in [1.29, 1.82) is 0 Å². The Morgan fingerprint density at radius 1 is 1.00 bits per heavy atom. The molecule has 0 aromatic heterocycles. The molecule has 2 fully saturated rings. The highest BCUT2D eigenvalue weighted by Gasteiger charge is 2.55. The van der Waals surface area contributed by atoms with Gasteiger partial charge in [-0.15, -0.1) is 0 Å². The second kappa shape index (κ2) is 3.85. The van der Waals surface area contributed by atoms with E-state index >= 15 is 0 Å². The van der Waals surface area contributed by atoms with Crippen LogP contribution in [0.25, 0.3) is 0 Å². The maximum absolute atomic E-state index is 3.98. The lowest BCUT2D eigenvalue weighted by molar-refractivity contribution is 0.583. The van der Waals surface area contributed by atoms with E-state index in [0.717, 1.165) is 17.8 Å². The molecule has 17 heavy (non-hydrogen) atoms. The number of alkyl halides is 1. The molecule has 3 atom stereocenters. The Kier molecular flexibility index (Phi) is 2.40. The normalized spacial score (nSPS) is 35.5. The van der Waals surface area contributed by atoms with Crippen LogP contribution in [0.15, 0.2) is 18.2 Å². The monoisotopic (exact) mass is 290 g/mol. The predicted molar refractivity (Wildman–Crippen MR) is 74.5 cm³/mol. The zero-order chi connectivity index (χ0) is 11.4. The standard InChI is InChI=1S/C16H19Br/c17-16(15-13-5-2-6-14(13)15)12-8-7-10-3-1-4-11(10)9-12/h7-9,13-16H,1-6H2. The van der Waals surface area contributed by atoms with Crippen molar-refractivity contribution in [2.24, 2.45) is 17.8 Å². The molecule has 1 aromatic rings. The van der Waals surface area contributed by atoms with Crippen molar-refractivity contribution in [2.45, 2.75) is 43.4 Å². The average Bonchev–Trinajstić information content (AvgIpc) is 2.75. The van der Waals surface area contributed by atoms with E-state index in [4.69, 9.17) is 0 Å². The van der Waals surface area contributed by atoms with Gasteiger partial charge in [0.25, 0.3) is 0 Å². The molecule has 0 heterocycles. The van der Waals surface area contributed by atoms with Gasteiger partial charge in [-0.05, 0) is 66.5 Å². The minimum atomic E-state index is 0.628. The molecule has 3 unspecified atom stereocenters. The van der Waals surface area contributed by atoms with E-state index in [1.54, 1.807) is 16.7 Å².